The molecule has 192 valence electrons. The second kappa shape index (κ2) is 13.9. The summed E-state index contributed by atoms with van der Waals surface area (Å²) >= 11 is 0. The minimum Gasteiger partial charge on any atom is -0.497 e. The Balaban J connectivity index is 0.000000678. The van der Waals surface area contributed by atoms with E-state index in [-0.39, 0.29) is 12.0 Å². The molecule has 0 saturated heterocycles. The maximum atomic E-state index is 10.2. The van der Waals surface area contributed by atoms with Crippen molar-refractivity contribution in [3.05, 3.63) is 95.6 Å². The molecular formula is C28H33NO7. The Morgan fingerprint density at radius 1 is 0.833 bits per heavy atom. The summed E-state index contributed by atoms with van der Waals surface area (Å²) in [6, 6.07) is 26.5. The van der Waals surface area contributed by atoms with Crippen LogP contribution in [0.4, 0.5) is 0 Å². The first-order valence-electron chi connectivity index (χ1n) is 11.4. The molecule has 0 bridgehead atoms. The van der Waals surface area contributed by atoms with Crippen molar-refractivity contribution in [3.63, 3.8) is 0 Å². The van der Waals surface area contributed by atoms with Crippen LogP contribution in [0.2, 0.25) is 0 Å². The van der Waals surface area contributed by atoms with Crippen molar-refractivity contribution in [3.8, 4) is 11.5 Å². The van der Waals surface area contributed by atoms with E-state index in [2.05, 4.69) is 55.6 Å². The predicted octanol–water partition coefficient (Wildman–Crippen LogP) is 3.71. The molecule has 8 heteroatoms. The lowest BCUT2D eigenvalue weighted by molar-refractivity contribution is -0.159. The fourth-order valence-corrected chi connectivity index (χ4v) is 3.37. The number of aliphatic hydroxyl groups excluding tert-OH is 1. The van der Waals surface area contributed by atoms with E-state index in [0.29, 0.717) is 13.1 Å². The molecule has 0 aliphatic carbocycles. The highest BCUT2D eigenvalue weighted by atomic mass is 16.5. The highest BCUT2D eigenvalue weighted by Gasteiger charge is 2.22. The lowest BCUT2D eigenvalue weighted by Gasteiger charge is -2.26. The fourth-order valence-electron chi connectivity index (χ4n) is 3.37. The summed E-state index contributed by atoms with van der Waals surface area (Å²) in [7, 11) is 1.65. The zero-order chi connectivity index (χ0) is 26.6. The first-order valence-corrected chi connectivity index (χ1v) is 11.4. The van der Waals surface area contributed by atoms with E-state index in [0.717, 1.165) is 17.1 Å². The van der Waals surface area contributed by atoms with Gasteiger partial charge in [-0.15, -0.1) is 0 Å². The number of hydrogen-bond donors (Lipinski definition) is 4. The number of nitrogens with one attached hydrogen (secondary N) is 1. The SMILES string of the molecule is COc1ccc(CNCC(O)COc2ccc(C(C)(C)c3ccccc3)cc2)cc1.O=C(O)C(=O)O. The maximum Gasteiger partial charge on any atom is 0.414 e. The zero-order valence-corrected chi connectivity index (χ0v) is 20.7. The molecule has 0 aliphatic heterocycles. The Bertz CT molecular complexity index is 1070. The van der Waals surface area contributed by atoms with Crippen LogP contribution in [0, 0.1) is 0 Å². The second-order valence-electron chi connectivity index (χ2n) is 8.57. The summed E-state index contributed by atoms with van der Waals surface area (Å²) in [5.41, 5.74) is 3.56. The number of carboxylic acids is 2. The molecule has 0 fully saturated rings. The van der Waals surface area contributed by atoms with Gasteiger partial charge in [-0.1, -0.05) is 68.4 Å². The quantitative estimate of drug-likeness (QED) is 0.314. The molecule has 1 atom stereocenters. The van der Waals surface area contributed by atoms with E-state index in [1.807, 2.05) is 42.5 Å². The van der Waals surface area contributed by atoms with Crippen LogP contribution in [0.1, 0.15) is 30.5 Å². The van der Waals surface area contributed by atoms with E-state index in [9.17, 15) is 5.11 Å². The molecule has 0 saturated carbocycles. The molecule has 4 N–H and O–H groups in total. The molecule has 0 aromatic heterocycles. The molecule has 3 rings (SSSR count). The highest BCUT2D eigenvalue weighted by molar-refractivity contribution is 6.27. The number of carboxylic acid groups (broad SMARTS) is 2. The number of rotatable bonds is 10. The van der Waals surface area contributed by atoms with Gasteiger partial charge in [0, 0.05) is 18.5 Å². The van der Waals surface area contributed by atoms with Crippen molar-refractivity contribution in [2.24, 2.45) is 0 Å². The summed E-state index contributed by atoms with van der Waals surface area (Å²) in [6.45, 7) is 5.83. The number of carbonyl (C=O) groups is 2. The summed E-state index contributed by atoms with van der Waals surface area (Å²) in [5, 5.41) is 28.2. The lowest BCUT2D eigenvalue weighted by atomic mass is 9.78. The minimum atomic E-state index is -1.82. The van der Waals surface area contributed by atoms with Crippen LogP contribution in [0.25, 0.3) is 0 Å². The number of methoxy groups -OCH3 is 1. The Hall–Kier alpha value is -3.88. The van der Waals surface area contributed by atoms with Crippen LogP contribution in [-0.2, 0) is 21.5 Å². The van der Waals surface area contributed by atoms with Crippen LogP contribution in [0.15, 0.2) is 78.9 Å². The monoisotopic (exact) mass is 495 g/mol. The molecule has 36 heavy (non-hydrogen) atoms. The average molecular weight is 496 g/mol. The molecule has 3 aromatic carbocycles. The molecule has 1 unspecified atom stereocenters. The van der Waals surface area contributed by atoms with Crippen LogP contribution in [-0.4, -0.2) is 53.6 Å². The molecule has 3 aromatic rings. The van der Waals surface area contributed by atoms with Gasteiger partial charge < -0.3 is 30.1 Å². The number of ether oxygens (including phenoxy) is 2. The van der Waals surface area contributed by atoms with Gasteiger partial charge in [-0.3, -0.25) is 0 Å². The van der Waals surface area contributed by atoms with Crippen molar-refractivity contribution in [1.82, 2.24) is 5.32 Å². The maximum absolute atomic E-state index is 10.2. The van der Waals surface area contributed by atoms with E-state index < -0.39 is 18.0 Å². The first kappa shape index (κ1) is 28.4. The Morgan fingerprint density at radius 2 is 1.36 bits per heavy atom. The Morgan fingerprint density at radius 3 is 1.89 bits per heavy atom. The zero-order valence-electron chi connectivity index (χ0n) is 20.7. The van der Waals surface area contributed by atoms with Crippen LogP contribution in [0.3, 0.4) is 0 Å². The topological polar surface area (TPSA) is 125 Å². The first-order chi connectivity index (χ1) is 17.1. The van der Waals surface area contributed by atoms with Crippen LogP contribution >= 0.6 is 0 Å². The predicted molar refractivity (Wildman–Crippen MR) is 136 cm³/mol. The number of aliphatic hydroxyl groups is 1. The largest absolute Gasteiger partial charge is 0.497 e. The number of benzene rings is 3. The summed E-state index contributed by atoms with van der Waals surface area (Å²) in [4.78, 5) is 18.2. The van der Waals surface area contributed by atoms with E-state index in [4.69, 9.17) is 29.3 Å². The number of hydrogen-bond acceptors (Lipinski definition) is 6. The van der Waals surface area contributed by atoms with Gasteiger partial charge in [0.25, 0.3) is 0 Å². The van der Waals surface area contributed by atoms with Crippen molar-refractivity contribution in [2.75, 3.05) is 20.3 Å². The van der Waals surface area contributed by atoms with Crippen molar-refractivity contribution in [2.45, 2.75) is 31.9 Å². The Labute approximate surface area is 211 Å². The average Bonchev–Trinajstić information content (AvgIpc) is 2.89. The minimum absolute atomic E-state index is 0.0787. The summed E-state index contributed by atoms with van der Waals surface area (Å²) < 4.78 is 10.9. The van der Waals surface area contributed by atoms with Gasteiger partial charge in [-0.2, -0.15) is 0 Å². The number of aliphatic carboxylic acids is 2. The van der Waals surface area contributed by atoms with Crippen molar-refractivity contribution in [1.29, 1.82) is 0 Å². The highest BCUT2D eigenvalue weighted by Crippen LogP contribution is 2.32. The lowest BCUT2D eigenvalue weighted by Crippen LogP contribution is -2.31. The standard InChI is InChI=1S/C26H31NO3.C2H2O4/c1-26(2,21-7-5-4-6-8-21)22-11-15-25(16-12-22)30-19-23(28)18-27-17-20-9-13-24(29-3)14-10-20;3-1(4)2(5)6/h4-16,23,27-28H,17-19H2,1-3H3;(H,3,4)(H,5,6). The van der Waals surface area contributed by atoms with Crippen LogP contribution in [0.5, 0.6) is 11.5 Å². The third kappa shape index (κ3) is 9.05. The van der Waals surface area contributed by atoms with Gasteiger partial charge >= 0.3 is 11.9 Å². The van der Waals surface area contributed by atoms with Gasteiger partial charge in [-0.05, 0) is 41.0 Å². The molecule has 0 aliphatic rings. The van der Waals surface area contributed by atoms with Gasteiger partial charge in [0.1, 0.15) is 24.2 Å². The smallest absolute Gasteiger partial charge is 0.414 e. The fraction of sp³-hybridized carbons (Fsp3) is 0.286. The normalized spacial score (nSPS) is 11.6. The molecule has 0 radical (unpaired) electrons. The third-order valence-electron chi connectivity index (χ3n) is 5.56. The van der Waals surface area contributed by atoms with E-state index >= 15 is 0 Å². The van der Waals surface area contributed by atoms with Crippen molar-refractivity contribution >= 4 is 11.9 Å². The van der Waals surface area contributed by atoms with Gasteiger partial charge in [0.05, 0.1) is 7.11 Å². The van der Waals surface area contributed by atoms with Gasteiger partial charge in [0.2, 0.25) is 0 Å². The molecule has 0 spiro atoms. The molecular weight excluding hydrogens is 462 g/mol. The summed E-state index contributed by atoms with van der Waals surface area (Å²) in [6.07, 6.45) is -0.580. The van der Waals surface area contributed by atoms with Gasteiger partial charge in [0.15, 0.2) is 0 Å². The second-order valence-corrected chi connectivity index (χ2v) is 8.57. The molecule has 0 amide bonds. The molecule has 8 nitrogen and oxygen atoms in total. The van der Waals surface area contributed by atoms with Crippen LogP contribution < -0.4 is 14.8 Å². The Kier molecular flexibility index (Phi) is 10.9. The summed E-state index contributed by atoms with van der Waals surface area (Å²) in [5.74, 6) is -2.05. The molecule has 0 heterocycles. The van der Waals surface area contributed by atoms with Gasteiger partial charge in [-0.25, -0.2) is 9.59 Å². The van der Waals surface area contributed by atoms with E-state index in [1.54, 1.807) is 7.11 Å². The van der Waals surface area contributed by atoms with E-state index in [1.165, 1.54) is 11.1 Å². The van der Waals surface area contributed by atoms with Crippen molar-refractivity contribution < 1.29 is 34.4 Å². The third-order valence-corrected chi connectivity index (χ3v) is 5.56.